The van der Waals surface area contributed by atoms with Crippen LogP contribution >= 0.6 is 0 Å². The number of nitrogens with one attached hydrogen (secondary N) is 1. The highest BCUT2D eigenvalue weighted by Gasteiger charge is 2.15. The molecule has 0 aliphatic carbocycles. The molecule has 0 amide bonds. The van der Waals surface area contributed by atoms with Crippen molar-refractivity contribution in [3.63, 3.8) is 0 Å². The molecule has 1 aromatic heterocycles. The summed E-state index contributed by atoms with van der Waals surface area (Å²) in [5.41, 5.74) is 5.21. The van der Waals surface area contributed by atoms with Crippen LogP contribution in [-0.2, 0) is 0 Å². The highest BCUT2D eigenvalue weighted by Crippen LogP contribution is 2.27. The predicted octanol–water partition coefficient (Wildman–Crippen LogP) is 3.18. The molecule has 2 aromatic rings. The number of nitrogens with two attached hydrogens (primary N) is 1. The SMILES string of the molecule is CCC(C)CC(NN)c1cccc2ncccc12. The lowest BCUT2D eigenvalue weighted by Crippen LogP contribution is -2.29. The Kier molecular flexibility index (Phi) is 4.28. The van der Waals surface area contributed by atoms with Crippen LogP contribution < -0.4 is 11.3 Å². The van der Waals surface area contributed by atoms with Gasteiger partial charge in [-0.3, -0.25) is 16.3 Å². The van der Waals surface area contributed by atoms with E-state index in [1.807, 2.05) is 24.4 Å². The second-order valence-electron chi connectivity index (χ2n) is 4.89. The van der Waals surface area contributed by atoms with Crippen molar-refractivity contribution in [3.05, 3.63) is 42.1 Å². The van der Waals surface area contributed by atoms with Crippen molar-refractivity contribution in [2.45, 2.75) is 32.7 Å². The monoisotopic (exact) mass is 243 g/mol. The Bertz CT molecular complexity index is 505. The highest BCUT2D eigenvalue weighted by atomic mass is 15.2. The lowest BCUT2D eigenvalue weighted by Gasteiger charge is -2.21. The number of fused-ring (bicyclic) bond motifs is 1. The van der Waals surface area contributed by atoms with Crippen LogP contribution in [0.1, 0.15) is 38.3 Å². The maximum atomic E-state index is 5.73. The summed E-state index contributed by atoms with van der Waals surface area (Å²) in [5, 5.41) is 1.19. The lowest BCUT2D eigenvalue weighted by atomic mass is 9.92. The number of nitrogens with zero attached hydrogens (tertiary/aromatic N) is 1. The molecule has 2 unspecified atom stereocenters. The van der Waals surface area contributed by atoms with Gasteiger partial charge in [-0.15, -0.1) is 0 Å². The summed E-state index contributed by atoms with van der Waals surface area (Å²) in [6.07, 6.45) is 4.04. The number of aromatic nitrogens is 1. The zero-order chi connectivity index (χ0) is 13.0. The minimum atomic E-state index is 0.188. The molecule has 2 rings (SSSR count). The first-order chi connectivity index (χ1) is 8.76. The Morgan fingerprint density at radius 2 is 2.11 bits per heavy atom. The van der Waals surface area contributed by atoms with E-state index >= 15 is 0 Å². The molecule has 18 heavy (non-hydrogen) atoms. The molecule has 0 radical (unpaired) electrons. The molecule has 2 atom stereocenters. The summed E-state index contributed by atoms with van der Waals surface area (Å²) in [4.78, 5) is 4.39. The molecule has 3 nitrogen and oxygen atoms in total. The molecule has 0 saturated heterocycles. The van der Waals surface area contributed by atoms with E-state index in [-0.39, 0.29) is 6.04 Å². The third kappa shape index (κ3) is 2.68. The highest BCUT2D eigenvalue weighted by molar-refractivity contribution is 5.82. The zero-order valence-electron chi connectivity index (χ0n) is 11.1. The molecule has 0 bridgehead atoms. The molecule has 96 valence electrons. The van der Waals surface area contributed by atoms with Gasteiger partial charge in [-0.25, -0.2) is 0 Å². The zero-order valence-corrected chi connectivity index (χ0v) is 11.1. The fourth-order valence-electron chi connectivity index (χ4n) is 2.28. The number of benzene rings is 1. The van der Waals surface area contributed by atoms with Crippen molar-refractivity contribution in [1.82, 2.24) is 10.4 Å². The van der Waals surface area contributed by atoms with E-state index in [1.54, 1.807) is 0 Å². The van der Waals surface area contributed by atoms with Gasteiger partial charge in [0.1, 0.15) is 0 Å². The summed E-state index contributed by atoms with van der Waals surface area (Å²) in [5.74, 6) is 6.38. The van der Waals surface area contributed by atoms with Crippen molar-refractivity contribution in [2.24, 2.45) is 11.8 Å². The van der Waals surface area contributed by atoms with Gasteiger partial charge in [0.05, 0.1) is 5.52 Å². The van der Waals surface area contributed by atoms with Gasteiger partial charge in [-0.1, -0.05) is 38.5 Å². The minimum absolute atomic E-state index is 0.188. The summed E-state index contributed by atoms with van der Waals surface area (Å²) in [6, 6.07) is 10.5. The number of pyridine rings is 1. The quantitative estimate of drug-likeness (QED) is 0.626. The first-order valence-corrected chi connectivity index (χ1v) is 6.56. The van der Waals surface area contributed by atoms with Gasteiger partial charge in [0.2, 0.25) is 0 Å². The molecule has 3 heteroatoms. The smallest absolute Gasteiger partial charge is 0.0705 e. The van der Waals surface area contributed by atoms with E-state index in [2.05, 4.69) is 36.4 Å². The second kappa shape index (κ2) is 5.94. The summed E-state index contributed by atoms with van der Waals surface area (Å²) < 4.78 is 0. The molecular weight excluding hydrogens is 222 g/mol. The Morgan fingerprint density at radius 1 is 1.28 bits per heavy atom. The van der Waals surface area contributed by atoms with Crippen LogP contribution in [0.3, 0.4) is 0 Å². The normalized spacial score (nSPS) is 14.6. The van der Waals surface area contributed by atoms with Crippen molar-refractivity contribution < 1.29 is 0 Å². The van der Waals surface area contributed by atoms with Gasteiger partial charge in [0, 0.05) is 17.6 Å². The fourth-order valence-corrected chi connectivity index (χ4v) is 2.28. The summed E-state index contributed by atoms with van der Waals surface area (Å²) in [6.45, 7) is 4.47. The maximum Gasteiger partial charge on any atom is 0.0705 e. The molecule has 1 heterocycles. The lowest BCUT2D eigenvalue weighted by molar-refractivity contribution is 0.409. The van der Waals surface area contributed by atoms with Gasteiger partial charge >= 0.3 is 0 Å². The molecule has 0 spiro atoms. The molecule has 0 aliphatic rings. The van der Waals surface area contributed by atoms with Crippen LogP contribution in [-0.4, -0.2) is 4.98 Å². The minimum Gasteiger partial charge on any atom is -0.271 e. The number of hydrogen-bond acceptors (Lipinski definition) is 3. The van der Waals surface area contributed by atoms with Crippen molar-refractivity contribution in [3.8, 4) is 0 Å². The molecule has 3 N–H and O–H groups in total. The van der Waals surface area contributed by atoms with Crippen molar-refractivity contribution in [1.29, 1.82) is 0 Å². The maximum absolute atomic E-state index is 5.73. The van der Waals surface area contributed by atoms with Gasteiger partial charge in [0.15, 0.2) is 0 Å². The third-order valence-corrected chi connectivity index (χ3v) is 3.59. The van der Waals surface area contributed by atoms with E-state index in [9.17, 15) is 0 Å². The Morgan fingerprint density at radius 3 is 2.83 bits per heavy atom. The third-order valence-electron chi connectivity index (χ3n) is 3.59. The van der Waals surface area contributed by atoms with Crippen LogP contribution in [0.2, 0.25) is 0 Å². The van der Waals surface area contributed by atoms with Gasteiger partial charge in [0.25, 0.3) is 0 Å². The number of rotatable bonds is 5. The standard InChI is InChI=1S/C15H21N3/c1-3-11(2)10-15(18-16)13-6-4-8-14-12(13)7-5-9-17-14/h4-9,11,15,18H,3,10,16H2,1-2H3. The van der Waals surface area contributed by atoms with Crippen LogP contribution in [0.15, 0.2) is 36.5 Å². The van der Waals surface area contributed by atoms with E-state index in [0.717, 1.165) is 11.9 Å². The van der Waals surface area contributed by atoms with E-state index in [1.165, 1.54) is 17.4 Å². The Balaban J connectivity index is 2.38. The molecular formula is C15H21N3. The average molecular weight is 243 g/mol. The van der Waals surface area contributed by atoms with Crippen LogP contribution in [0.4, 0.5) is 0 Å². The van der Waals surface area contributed by atoms with Crippen LogP contribution in [0, 0.1) is 5.92 Å². The Labute approximate surface area is 108 Å². The van der Waals surface area contributed by atoms with E-state index in [4.69, 9.17) is 5.84 Å². The van der Waals surface area contributed by atoms with Crippen LogP contribution in [0.25, 0.3) is 10.9 Å². The largest absolute Gasteiger partial charge is 0.271 e. The number of hydrogen-bond donors (Lipinski definition) is 2. The van der Waals surface area contributed by atoms with Gasteiger partial charge in [-0.2, -0.15) is 0 Å². The molecule has 0 aliphatic heterocycles. The van der Waals surface area contributed by atoms with E-state index < -0.39 is 0 Å². The summed E-state index contributed by atoms with van der Waals surface area (Å²) in [7, 11) is 0. The second-order valence-corrected chi connectivity index (χ2v) is 4.89. The topological polar surface area (TPSA) is 50.9 Å². The van der Waals surface area contributed by atoms with Crippen molar-refractivity contribution in [2.75, 3.05) is 0 Å². The fraction of sp³-hybridized carbons (Fsp3) is 0.400. The molecule has 0 saturated carbocycles. The predicted molar refractivity (Wildman–Crippen MR) is 75.9 cm³/mol. The van der Waals surface area contributed by atoms with Crippen LogP contribution in [0.5, 0.6) is 0 Å². The number of hydrazine groups is 1. The molecule has 1 aromatic carbocycles. The average Bonchev–Trinajstić information content (AvgIpc) is 2.44. The first-order valence-electron chi connectivity index (χ1n) is 6.56. The summed E-state index contributed by atoms with van der Waals surface area (Å²) >= 11 is 0. The Hall–Kier alpha value is -1.45. The van der Waals surface area contributed by atoms with Gasteiger partial charge in [-0.05, 0) is 30.0 Å². The van der Waals surface area contributed by atoms with Gasteiger partial charge < -0.3 is 0 Å². The van der Waals surface area contributed by atoms with Crippen molar-refractivity contribution >= 4 is 10.9 Å². The van der Waals surface area contributed by atoms with E-state index in [0.29, 0.717) is 5.92 Å². The molecule has 0 fully saturated rings. The first kappa shape index (κ1) is 13.0.